The van der Waals surface area contributed by atoms with E-state index in [1.54, 1.807) is 18.2 Å². The molecular formula is C21H14ClF3N4. The first-order valence-corrected chi connectivity index (χ1v) is 9.38. The van der Waals surface area contributed by atoms with Gasteiger partial charge in [0.2, 0.25) is 5.95 Å². The topological polar surface area (TPSA) is 44.8 Å². The van der Waals surface area contributed by atoms with Gasteiger partial charge in [-0.15, -0.1) is 0 Å². The van der Waals surface area contributed by atoms with Gasteiger partial charge in [0, 0.05) is 23.1 Å². The number of H-pyrrole nitrogens is 1. The van der Waals surface area contributed by atoms with Gasteiger partial charge in [-0.1, -0.05) is 23.7 Å². The maximum atomic E-state index is 14.0. The summed E-state index contributed by atoms with van der Waals surface area (Å²) >= 11 is 6.00. The second-order valence-corrected chi connectivity index (χ2v) is 7.34. The molecule has 3 heterocycles. The molecule has 0 bridgehead atoms. The van der Waals surface area contributed by atoms with Crippen LogP contribution in [-0.2, 0) is 6.42 Å². The van der Waals surface area contributed by atoms with Gasteiger partial charge in [0.05, 0.1) is 23.5 Å². The Labute approximate surface area is 169 Å². The highest BCUT2D eigenvalue weighted by Crippen LogP contribution is 2.40. The van der Waals surface area contributed by atoms with Crippen LogP contribution in [0.1, 0.15) is 22.9 Å². The quantitative estimate of drug-likeness (QED) is 0.491. The minimum Gasteiger partial charge on any atom is -0.356 e. The summed E-state index contributed by atoms with van der Waals surface area (Å²) in [5, 5.41) is 0.903. The van der Waals surface area contributed by atoms with E-state index in [1.165, 1.54) is 18.2 Å². The molecule has 1 N–H and O–H groups in total. The first-order valence-electron chi connectivity index (χ1n) is 9.00. The molecule has 4 nitrogen and oxygen atoms in total. The zero-order valence-corrected chi connectivity index (χ0v) is 15.7. The Morgan fingerprint density at radius 1 is 1.00 bits per heavy atom. The summed E-state index contributed by atoms with van der Waals surface area (Å²) in [5.41, 5.74) is 3.27. The lowest BCUT2D eigenvalue weighted by atomic mass is 9.92. The van der Waals surface area contributed by atoms with E-state index in [-0.39, 0.29) is 16.9 Å². The lowest BCUT2D eigenvalue weighted by Gasteiger charge is -2.36. The van der Waals surface area contributed by atoms with Crippen molar-refractivity contribution in [2.45, 2.75) is 12.5 Å². The molecule has 0 aliphatic carbocycles. The van der Waals surface area contributed by atoms with Crippen LogP contribution in [-0.4, -0.2) is 21.5 Å². The number of aromatic amines is 1. The van der Waals surface area contributed by atoms with Crippen molar-refractivity contribution >= 4 is 28.5 Å². The molecule has 0 fully saturated rings. The third-order valence-electron chi connectivity index (χ3n) is 5.22. The highest BCUT2D eigenvalue weighted by Gasteiger charge is 2.33. The fourth-order valence-corrected chi connectivity index (χ4v) is 4.11. The van der Waals surface area contributed by atoms with E-state index in [9.17, 15) is 13.2 Å². The van der Waals surface area contributed by atoms with Crippen LogP contribution in [0, 0.1) is 17.5 Å². The van der Waals surface area contributed by atoms with Crippen molar-refractivity contribution in [2.75, 3.05) is 11.4 Å². The molecule has 5 rings (SSSR count). The molecule has 1 aliphatic heterocycles. The van der Waals surface area contributed by atoms with Gasteiger partial charge in [0.15, 0.2) is 5.82 Å². The first-order chi connectivity index (χ1) is 14.0. The Balaban J connectivity index is 1.71. The number of benzene rings is 2. The van der Waals surface area contributed by atoms with Gasteiger partial charge in [0.1, 0.15) is 11.6 Å². The predicted molar refractivity (Wildman–Crippen MR) is 105 cm³/mol. The SMILES string of the molecule is Fc1ccc(C2c3[nH]c4cc(F)c(Cl)cc4c3CCN2c2ncc(F)cn2)cc1. The molecule has 1 atom stereocenters. The normalized spacial score (nSPS) is 16.3. The molecule has 146 valence electrons. The van der Waals surface area contributed by atoms with Gasteiger partial charge in [-0.05, 0) is 41.8 Å². The molecule has 8 heteroatoms. The molecule has 1 unspecified atom stereocenters. The maximum absolute atomic E-state index is 14.0. The zero-order valence-electron chi connectivity index (χ0n) is 15.0. The summed E-state index contributed by atoms with van der Waals surface area (Å²) < 4.78 is 40.9. The van der Waals surface area contributed by atoms with Crippen LogP contribution in [0.2, 0.25) is 5.02 Å². The Hall–Kier alpha value is -3.06. The third-order valence-corrected chi connectivity index (χ3v) is 5.51. The van der Waals surface area contributed by atoms with E-state index in [1.807, 2.05) is 4.90 Å². The van der Waals surface area contributed by atoms with Gasteiger partial charge < -0.3 is 9.88 Å². The number of nitrogens with one attached hydrogen (secondary N) is 1. The fraction of sp³-hybridized carbons (Fsp3) is 0.143. The minimum atomic E-state index is -0.527. The van der Waals surface area contributed by atoms with Crippen molar-refractivity contribution in [1.29, 1.82) is 0 Å². The van der Waals surface area contributed by atoms with Gasteiger partial charge in [-0.25, -0.2) is 23.1 Å². The van der Waals surface area contributed by atoms with Gasteiger partial charge in [-0.2, -0.15) is 0 Å². The summed E-state index contributed by atoms with van der Waals surface area (Å²) in [7, 11) is 0. The average Bonchev–Trinajstić information content (AvgIpc) is 3.06. The van der Waals surface area contributed by atoms with Crippen molar-refractivity contribution in [3.8, 4) is 0 Å². The third kappa shape index (κ3) is 3.02. The molecule has 2 aromatic carbocycles. The smallest absolute Gasteiger partial charge is 0.226 e. The van der Waals surface area contributed by atoms with Crippen LogP contribution >= 0.6 is 11.6 Å². The number of hydrogen-bond donors (Lipinski definition) is 1. The fourth-order valence-electron chi connectivity index (χ4n) is 3.95. The van der Waals surface area contributed by atoms with Gasteiger partial charge in [0.25, 0.3) is 0 Å². The Morgan fingerprint density at radius 2 is 1.72 bits per heavy atom. The summed E-state index contributed by atoms with van der Waals surface area (Å²) in [4.78, 5) is 13.5. The average molecular weight is 415 g/mol. The molecular weight excluding hydrogens is 401 g/mol. The van der Waals surface area contributed by atoms with Gasteiger partial charge in [-0.3, -0.25) is 0 Å². The number of nitrogens with zero attached hydrogens (tertiary/aromatic N) is 3. The lowest BCUT2D eigenvalue weighted by molar-refractivity contribution is 0.594. The molecule has 2 aromatic heterocycles. The molecule has 0 amide bonds. The predicted octanol–water partition coefficient (Wildman–Crippen LogP) is 5.18. The van der Waals surface area contributed by atoms with Crippen LogP contribution in [0.15, 0.2) is 48.8 Å². The highest BCUT2D eigenvalue weighted by atomic mass is 35.5. The van der Waals surface area contributed by atoms with Crippen LogP contribution in [0.5, 0.6) is 0 Å². The molecule has 29 heavy (non-hydrogen) atoms. The molecule has 0 radical (unpaired) electrons. The molecule has 1 aliphatic rings. The summed E-state index contributed by atoms with van der Waals surface area (Å²) in [6.45, 7) is 0.544. The van der Waals surface area contributed by atoms with Crippen LogP contribution in [0.4, 0.5) is 19.1 Å². The number of halogens is 4. The van der Waals surface area contributed by atoms with E-state index >= 15 is 0 Å². The summed E-state index contributed by atoms with van der Waals surface area (Å²) in [6, 6.07) is 8.75. The zero-order chi connectivity index (χ0) is 20.1. The lowest BCUT2D eigenvalue weighted by Crippen LogP contribution is -2.37. The van der Waals surface area contributed by atoms with Crippen molar-refractivity contribution in [1.82, 2.24) is 15.0 Å². The van der Waals surface area contributed by atoms with E-state index in [0.29, 0.717) is 24.4 Å². The number of anilines is 1. The number of fused-ring (bicyclic) bond motifs is 3. The van der Waals surface area contributed by atoms with E-state index < -0.39 is 11.6 Å². The first kappa shape index (κ1) is 18.0. The molecule has 0 saturated carbocycles. The molecule has 0 spiro atoms. The van der Waals surface area contributed by atoms with Gasteiger partial charge >= 0.3 is 0 Å². The second-order valence-electron chi connectivity index (χ2n) is 6.93. The van der Waals surface area contributed by atoms with Crippen LogP contribution in [0.3, 0.4) is 0 Å². The standard InChI is InChI=1S/C21H14ClF3N4/c22-16-7-15-14-5-6-29(21-26-9-13(24)10-27-21)20(11-1-3-12(23)4-2-11)19(14)28-18(15)8-17(16)25/h1-4,7-10,20,28H,5-6H2. The van der Waals surface area contributed by atoms with Crippen molar-refractivity contribution < 1.29 is 13.2 Å². The number of aromatic nitrogens is 3. The number of rotatable bonds is 2. The van der Waals surface area contributed by atoms with Crippen molar-refractivity contribution in [3.63, 3.8) is 0 Å². The molecule has 4 aromatic rings. The second kappa shape index (κ2) is 6.77. The summed E-state index contributed by atoms with van der Waals surface area (Å²) in [6.07, 6.45) is 2.86. The Bertz CT molecular complexity index is 1210. The number of hydrogen-bond acceptors (Lipinski definition) is 3. The van der Waals surface area contributed by atoms with E-state index in [4.69, 9.17) is 11.6 Å². The van der Waals surface area contributed by atoms with Crippen LogP contribution in [0.25, 0.3) is 10.9 Å². The molecule has 0 saturated heterocycles. The summed E-state index contributed by atoms with van der Waals surface area (Å²) in [5.74, 6) is -1.02. The van der Waals surface area contributed by atoms with Crippen LogP contribution < -0.4 is 4.90 Å². The highest BCUT2D eigenvalue weighted by molar-refractivity contribution is 6.31. The maximum Gasteiger partial charge on any atom is 0.226 e. The van der Waals surface area contributed by atoms with Crippen molar-refractivity contribution in [2.24, 2.45) is 0 Å². The largest absolute Gasteiger partial charge is 0.356 e. The van der Waals surface area contributed by atoms with E-state index in [2.05, 4.69) is 15.0 Å². The van der Waals surface area contributed by atoms with Crippen molar-refractivity contribution in [3.05, 3.63) is 88.1 Å². The minimum absolute atomic E-state index is 0.0573. The monoisotopic (exact) mass is 414 g/mol. The Morgan fingerprint density at radius 3 is 2.45 bits per heavy atom. The Kier molecular flexibility index (Phi) is 4.20. The van der Waals surface area contributed by atoms with E-state index in [0.717, 1.165) is 34.6 Å².